The van der Waals surface area contributed by atoms with E-state index in [2.05, 4.69) is 12.2 Å². The van der Waals surface area contributed by atoms with Crippen molar-refractivity contribution in [2.24, 2.45) is 41.4 Å². The molecule has 128 valence electrons. The second-order valence-electron chi connectivity index (χ2n) is 9.79. The van der Waals surface area contributed by atoms with E-state index < -0.39 is 0 Å². The topological polar surface area (TPSA) is 20.2 Å². The molecule has 0 saturated heterocycles. The summed E-state index contributed by atoms with van der Waals surface area (Å²) in [4.78, 5) is 0. The van der Waals surface area contributed by atoms with Crippen molar-refractivity contribution >= 4 is 0 Å². The number of aliphatic hydroxyl groups is 1. The minimum absolute atomic E-state index is 0.269. The van der Waals surface area contributed by atoms with E-state index in [-0.39, 0.29) is 5.60 Å². The fourth-order valence-electron chi connectivity index (χ4n) is 7.81. The molecule has 1 nitrogen and oxygen atoms in total. The highest BCUT2D eigenvalue weighted by atomic mass is 16.3. The van der Waals surface area contributed by atoms with E-state index in [0.717, 1.165) is 60.7 Å². The van der Waals surface area contributed by atoms with Crippen LogP contribution in [-0.4, -0.2) is 10.7 Å². The molecule has 23 heavy (non-hydrogen) atoms. The Bertz CT molecular complexity index is 474. The number of allylic oxidation sites excluding steroid dienone is 2. The summed E-state index contributed by atoms with van der Waals surface area (Å²) in [7, 11) is 0. The van der Waals surface area contributed by atoms with Gasteiger partial charge in [-0.1, -0.05) is 50.7 Å². The summed E-state index contributed by atoms with van der Waals surface area (Å²) in [6, 6.07) is 0. The SMILES string of the molecule is OC1(CCCCCC2CC3CC2C2C4C=CC(C4)C32)CCCC1. The Hall–Kier alpha value is -0.300. The van der Waals surface area contributed by atoms with E-state index in [0.29, 0.717) is 0 Å². The molecule has 0 amide bonds. The summed E-state index contributed by atoms with van der Waals surface area (Å²) in [6.45, 7) is 0. The van der Waals surface area contributed by atoms with E-state index in [1.807, 2.05) is 0 Å². The van der Waals surface area contributed by atoms with Crippen molar-refractivity contribution in [3.63, 3.8) is 0 Å². The van der Waals surface area contributed by atoms with Crippen molar-refractivity contribution in [1.29, 1.82) is 0 Å². The molecule has 5 rings (SSSR count). The predicted molar refractivity (Wildman–Crippen MR) is 93.9 cm³/mol. The minimum atomic E-state index is -0.269. The summed E-state index contributed by atoms with van der Waals surface area (Å²) < 4.78 is 0. The molecule has 4 saturated carbocycles. The largest absolute Gasteiger partial charge is 0.390 e. The van der Waals surface area contributed by atoms with Gasteiger partial charge in [0.1, 0.15) is 0 Å². The van der Waals surface area contributed by atoms with Crippen LogP contribution in [0.1, 0.15) is 77.0 Å². The molecule has 5 aliphatic carbocycles. The lowest BCUT2D eigenvalue weighted by Gasteiger charge is -2.36. The molecule has 0 aromatic rings. The molecular weight excluding hydrogens is 280 g/mol. The van der Waals surface area contributed by atoms with Crippen LogP contribution in [0.3, 0.4) is 0 Å². The first-order valence-corrected chi connectivity index (χ1v) is 10.6. The lowest BCUT2D eigenvalue weighted by Crippen LogP contribution is -2.30. The van der Waals surface area contributed by atoms with Crippen LogP contribution in [-0.2, 0) is 0 Å². The molecule has 7 atom stereocenters. The molecular formula is C22H34O. The second-order valence-corrected chi connectivity index (χ2v) is 9.79. The zero-order valence-electron chi connectivity index (χ0n) is 14.6. The van der Waals surface area contributed by atoms with E-state index >= 15 is 0 Å². The van der Waals surface area contributed by atoms with Crippen molar-refractivity contribution in [3.05, 3.63) is 12.2 Å². The third-order valence-corrected chi connectivity index (χ3v) is 8.66. The average molecular weight is 315 g/mol. The smallest absolute Gasteiger partial charge is 0.0647 e. The third-order valence-electron chi connectivity index (χ3n) is 8.66. The number of hydrogen-bond donors (Lipinski definition) is 1. The Morgan fingerprint density at radius 2 is 1.65 bits per heavy atom. The van der Waals surface area contributed by atoms with Gasteiger partial charge >= 0.3 is 0 Å². The van der Waals surface area contributed by atoms with Crippen LogP contribution in [0.15, 0.2) is 12.2 Å². The summed E-state index contributed by atoms with van der Waals surface area (Å²) in [5.41, 5.74) is -0.269. The standard InChI is InChI=1S/C22H34O/c23-22(10-4-5-11-22)9-3-1-2-6-15-12-18-14-19(15)21-17-8-7-16(13-17)20(18)21/h7-8,15-21,23H,1-6,9-14H2. The Balaban J connectivity index is 1.08. The molecule has 5 aliphatic rings. The van der Waals surface area contributed by atoms with Gasteiger partial charge in [-0.25, -0.2) is 0 Å². The van der Waals surface area contributed by atoms with Gasteiger partial charge in [-0.15, -0.1) is 0 Å². The van der Waals surface area contributed by atoms with Gasteiger partial charge in [-0.3, -0.25) is 0 Å². The second kappa shape index (κ2) is 5.61. The van der Waals surface area contributed by atoms with Crippen LogP contribution in [0.2, 0.25) is 0 Å². The lowest BCUT2D eigenvalue weighted by molar-refractivity contribution is 0.0359. The molecule has 0 spiro atoms. The Kier molecular flexibility index (Phi) is 3.66. The molecule has 0 aromatic carbocycles. The molecule has 4 bridgehead atoms. The van der Waals surface area contributed by atoms with Gasteiger partial charge in [0.25, 0.3) is 0 Å². The van der Waals surface area contributed by atoms with Gasteiger partial charge in [0, 0.05) is 0 Å². The first-order chi connectivity index (χ1) is 11.2. The van der Waals surface area contributed by atoms with Gasteiger partial charge in [0.15, 0.2) is 0 Å². The molecule has 0 radical (unpaired) electrons. The summed E-state index contributed by atoms with van der Waals surface area (Å²) >= 11 is 0. The van der Waals surface area contributed by atoms with Crippen LogP contribution < -0.4 is 0 Å². The van der Waals surface area contributed by atoms with Crippen molar-refractivity contribution in [3.8, 4) is 0 Å². The summed E-state index contributed by atoms with van der Waals surface area (Å²) in [6.07, 6.45) is 21.0. The molecule has 7 unspecified atom stereocenters. The highest BCUT2D eigenvalue weighted by Crippen LogP contribution is 2.67. The molecule has 0 aliphatic heterocycles. The highest BCUT2D eigenvalue weighted by Gasteiger charge is 2.60. The van der Waals surface area contributed by atoms with Crippen molar-refractivity contribution in [1.82, 2.24) is 0 Å². The van der Waals surface area contributed by atoms with Gasteiger partial charge < -0.3 is 5.11 Å². The molecule has 4 fully saturated rings. The fraction of sp³-hybridized carbons (Fsp3) is 0.909. The molecule has 1 N–H and O–H groups in total. The number of rotatable bonds is 6. The van der Waals surface area contributed by atoms with Crippen LogP contribution in [0.25, 0.3) is 0 Å². The first kappa shape index (κ1) is 15.0. The van der Waals surface area contributed by atoms with Gasteiger partial charge in [0.2, 0.25) is 0 Å². The maximum Gasteiger partial charge on any atom is 0.0647 e. The molecule has 0 aromatic heterocycles. The first-order valence-electron chi connectivity index (χ1n) is 10.6. The van der Waals surface area contributed by atoms with Crippen LogP contribution in [0.4, 0.5) is 0 Å². The molecule has 0 heterocycles. The fourth-order valence-corrected chi connectivity index (χ4v) is 7.81. The Morgan fingerprint density at radius 1 is 0.870 bits per heavy atom. The van der Waals surface area contributed by atoms with Crippen LogP contribution >= 0.6 is 0 Å². The number of fused-ring (bicyclic) bond motifs is 9. The van der Waals surface area contributed by atoms with E-state index in [1.165, 1.54) is 44.9 Å². The maximum atomic E-state index is 10.4. The zero-order valence-corrected chi connectivity index (χ0v) is 14.6. The zero-order chi connectivity index (χ0) is 15.4. The Labute approximate surface area is 141 Å². The number of hydrogen-bond acceptors (Lipinski definition) is 1. The van der Waals surface area contributed by atoms with Crippen LogP contribution in [0.5, 0.6) is 0 Å². The quantitative estimate of drug-likeness (QED) is 0.399. The van der Waals surface area contributed by atoms with Crippen molar-refractivity contribution in [2.45, 2.75) is 82.7 Å². The normalized spacial score (nSPS) is 48.5. The Morgan fingerprint density at radius 3 is 2.48 bits per heavy atom. The lowest BCUT2D eigenvalue weighted by atomic mass is 9.68. The van der Waals surface area contributed by atoms with E-state index in [4.69, 9.17) is 0 Å². The maximum absolute atomic E-state index is 10.4. The predicted octanol–water partition coefficient (Wildman–Crippen LogP) is 5.34. The van der Waals surface area contributed by atoms with Gasteiger partial charge in [-0.2, -0.15) is 0 Å². The van der Waals surface area contributed by atoms with Gasteiger partial charge in [-0.05, 0) is 80.0 Å². The van der Waals surface area contributed by atoms with E-state index in [9.17, 15) is 5.11 Å². The van der Waals surface area contributed by atoms with Crippen molar-refractivity contribution in [2.75, 3.05) is 0 Å². The van der Waals surface area contributed by atoms with Gasteiger partial charge in [0.05, 0.1) is 5.60 Å². The van der Waals surface area contributed by atoms with E-state index in [1.54, 1.807) is 12.8 Å². The number of unbranched alkanes of at least 4 members (excludes halogenated alkanes) is 2. The minimum Gasteiger partial charge on any atom is -0.390 e. The summed E-state index contributed by atoms with van der Waals surface area (Å²) in [5, 5.41) is 10.4. The average Bonchev–Trinajstić information content (AvgIpc) is 3.32. The highest BCUT2D eigenvalue weighted by molar-refractivity contribution is 5.20. The third kappa shape index (κ3) is 2.44. The monoisotopic (exact) mass is 314 g/mol. The molecule has 1 heteroatoms. The summed E-state index contributed by atoms with van der Waals surface area (Å²) in [5.74, 6) is 7.38. The van der Waals surface area contributed by atoms with Crippen LogP contribution in [0, 0.1) is 41.4 Å². The van der Waals surface area contributed by atoms with Crippen molar-refractivity contribution < 1.29 is 5.11 Å².